The van der Waals surface area contributed by atoms with Crippen LogP contribution in [0.1, 0.15) is 126 Å². The Morgan fingerprint density at radius 3 is 2.00 bits per heavy atom. The van der Waals surface area contributed by atoms with Crippen LogP contribution in [0.15, 0.2) is 66.7 Å². The number of fused-ring (bicyclic) bond motifs is 2. The van der Waals surface area contributed by atoms with Crippen LogP contribution in [0.4, 0.5) is 4.39 Å². The molecule has 1 fully saturated rings. The van der Waals surface area contributed by atoms with Crippen molar-refractivity contribution in [3.8, 4) is 0 Å². The zero-order valence-electron chi connectivity index (χ0n) is 45.2. The second kappa shape index (κ2) is 24.2. The molecule has 0 radical (unpaired) electrons. The number of amides is 7. The monoisotopic (exact) mass is 1040 g/mol. The van der Waals surface area contributed by atoms with Gasteiger partial charge in [0, 0.05) is 49.8 Å². The molecular formula is C56H78FN9O7S. The fourth-order valence-corrected chi connectivity index (χ4v) is 11.1. The summed E-state index contributed by atoms with van der Waals surface area (Å²) in [5.41, 5.74) is 4.12. The van der Waals surface area contributed by atoms with Gasteiger partial charge in [-0.25, -0.2) is 4.39 Å². The van der Waals surface area contributed by atoms with Gasteiger partial charge in [-0.2, -0.15) is 0 Å². The maximum Gasteiger partial charge on any atom is 0.247 e. The normalized spacial score (nSPS) is 20.7. The maximum absolute atomic E-state index is 15.4. The van der Waals surface area contributed by atoms with E-state index < -0.39 is 76.0 Å². The lowest BCUT2D eigenvalue weighted by molar-refractivity contribution is -0.145. The molecule has 0 bridgehead atoms. The van der Waals surface area contributed by atoms with Crippen molar-refractivity contribution in [2.24, 2.45) is 5.41 Å². The van der Waals surface area contributed by atoms with Gasteiger partial charge in [-0.3, -0.25) is 33.6 Å². The molecule has 1 saturated heterocycles. The first kappa shape index (κ1) is 57.4. The average Bonchev–Trinajstić information content (AvgIpc) is 3.83. The molecule has 16 nitrogen and oxygen atoms in total. The Hall–Kier alpha value is -5.85. The number of rotatable bonds is 18. The molecule has 3 aromatic rings. The minimum atomic E-state index is -1.22. The van der Waals surface area contributed by atoms with Gasteiger partial charge in [-0.05, 0) is 114 Å². The Bertz CT molecular complexity index is 2570. The first-order valence-electron chi connectivity index (χ1n) is 25.8. The van der Waals surface area contributed by atoms with Gasteiger partial charge in [0.25, 0.3) is 0 Å². The summed E-state index contributed by atoms with van der Waals surface area (Å²) in [6.45, 7) is 14.4. The van der Waals surface area contributed by atoms with E-state index in [1.807, 2.05) is 57.2 Å². The molecule has 402 valence electrons. The lowest BCUT2D eigenvalue weighted by atomic mass is 9.85. The minimum Gasteiger partial charge on any atom is -0.348 e. The van der Waals surface area contributed by atoms with E-state index in [4.69, 9.17) is 0 Å². The van der Waals surface area contributed by atoms with E-state index >= 15 is 14.0 Å². The highest BCUT2D eigenvalue weighted by atomic mass is 32.2. The molecule has 3 aromatic carbocycles. The van der Waals surface area contributed by atoms with Gasteiger partial charge in [-0.1, -0.05) is 81.4 Å². The van der Waals surface area contributed by atoms with Gasteiger partial charge in [0.2, 0.25) is 41.4 Å². The number of carbonyl (C=O) groups is 7. The summed E-state index contributed by atoms with van der Waals surface area (Å²) in [5, 5.41) is 18.1. The van der Waals surface area contributed by atoms with Crippen LogP contribution in [-0.4, -0.2) is 138 Å². The third-order valence-electron chi connectivity index (χ3n) is 15.1. The standard InChI is InChI=1S/C56H78FN9O7S/c1-32(40-20-15-16-22-42(40)57)60-51(70)44-27-37-25-24-36(26-38(37)29-66(44)54(73)48(63-50(69)34(3)59-10)56(7,8)74-31-46(67)64(11)12)39-28-45(52(71)61-43-23-17-19-35-18-13-14-21-41(35)43)65(30-39)53(72)47(55(4,5)6)62-49(68)33(2)58-9/h13-16,18,20-22,24-26,32-34,39,43-45,47-48,58-59H,17,19,23,27-31H2,1-12H3,(H,60,70)(H,61,71)(H,62,68)(H,63,69)/t32-,33+,34+,39+,43-,44+,45+,47-,48-/m1/s1. The molecule has 1 aliphatic carbocycles. The Balaban J connectivity index is 1.38. The zero-order valence-corrected chi connectivity index (χ0v) is 46.0. The van der Waals surface area contributed by atoms with E-state index in [2.05, 4.69) is 38.0 Å². The van der Waals surface area contributed by atoms with Crippen molar-refractivity contribution in [1.82, 2.24) is 46.6 Å². The summed E-state index contributed by atoms with van der Waals surface area (Å²) in [7, 11) is 6.58. The summed E-state index contributed by atoms with van der Waals surface area (Å²) in [6.07, 6.45) is 2.92. The molecule has 18 heteroatoms. The van der Waals surface area contributed by atoms with Gasteiger partial charge in [0.1, 0.15) is 30.0 Å². The molecule has 0 aromatic heterocycles. The third-order valence-corrected chi connectivity index (χ3v) is 16.4. The van der Waals surface area contributed by atoms with Gasteiger partial charge < -0.3 is 46.6 Å². The SMILES string of the molecule is CN[C@@H](C)C(=O)N[C@H](C(=O)N1C[C@@H](c2ccc3c(c2)CN(C(=O)[C@@H](NC(=O)[C@H](C)NC)C(C)(C)SCC(=O)N(C)C)[C@H](C(=O)N[C@H](C)c2ccccc2F)C3)C[C@H]1C(=O)N[C@@H]1CCCc2ccccc21)C(C)(C)C. The molecule has 2 heterocycles. The lowest BCUT2D eigenvalue weighted by Gasteiger charge is -2.42. The highest BCUT2D eigenvalue weighted by molar-refractivity contribution is 8.01. The number of likely N-dealkylation sites (N-methyl/N-ethyl adjacent to an activating group) is 2. The van der Waals surface area contributed by atoms with Crippen molar-refractivity contribution in [2.45, 2.75) is 153 Å². The van der Waals surface area contributed by atoms with Gasteiger partial charge >= 0.3 is 0 Å². The van der Waals surface area contributed by atoms with Crippen LogP contribution in [0.3, 0.4) is 0 Å². The van der Waals surface area contributed by atoms with Crippen molar-refractivity contribution in [2.75, 3.05) is 40.5 Å². The Morgan fingerprint density at radius 1 is 0.743 bits per heavy atom. The Kier molecular flexibility index (Phi) is 18.8. The highest BCUT2D eigenvalue weighted by Crippen LogP contribution is 2.39. The Morgan fingerprint density at radius 2 is 1.36 bits per heavy atom. The van der Waals surface area contributed by atoms with Crippen LogP contribution in [-0.2, 0) is 52.9 Å². The van der Waals surface area contributed by atoms with Crippen LogP contribution in [0, 0.1) is 11.2 Å². The van der Waals surface area contributed by atoms with E-state index in [0.717, 1.165) is 41.5 Å². The fraction of sp³-hybridized carbons (Fsp3) is 0.554. The van der Waals surface area contributed by atoms with Crippen LogP contribution in [0.5, 0.6) is 0 Å². The number of nitrogens with zero attached hydrogens (tertiary/aromatic N) is 3. The summed E-state index contributed by atoms with van der Waals surface area (Å²) < 4.78 is 14.0. The number of halogens is 1. The molecule has 0 saturated carbocycles. The van der Waals surface area contributed by atoms with Crippen molar-refractivity contribution in [1.29, 1.82) is 0 Å². The predicted octanol–water partition coefficient (Wildman–Crippen LogP) is 4.67. The molecule has 74 heavy (non-hydrogen) atoms. The molecule has 7 amide bonds. The first-order chi connectivity index (χ1) is 34.9. The second-order valence-corrected chi connectivity index (χ2v) is 23.6. The number of carbonyl (C=O) groups excluding carboxylic acids is 7. The van der Waals surface area contributed by atoms with Crippen molar-refractivity contribution in [3.63, 3.8) is 0 Å². The van der Waals surface area contributed by atoms with Crippen molar-refractivity contribution >= 4 is 53.1 Å². The van der Waals surface area contributed by atoms with Gasteiger partial charge in [0.05, 0.1) is 29.9 Å². The average molecular weight is 1040 g/mol. The largest absolute Gasteiger partial charge is 0.348 e. The van der Waals surface area contributed by atoms with Crippen LogP contribution >= 0.6 is 11.8 Å². The van der Waals surface area contributed by atoms with Gasteiger partial charge in [-0.15, -0.1) is 11.8 Å². The maximum atomic E-state index is 15.4. The van der Waals surface area contributed by atoms with E-state index in [0.29, 0.717) is 0 Å². The summed E-state index contributed by atoms with van der Waals surface area (Å²) in [6, 6.07) is 13.7. The van der Waals surface area contributed by atoms with E-state index in [9.17, 15) is 24.0 Å². The quantitative estimate of drug-likeness (QED) is 0.104. The number of likely N-dealkylation sites (tertiary alicyclic amines) is 1. The van der Waals surface area contributed by atoms with Crippen LogP contribution < -0.4 is 31.9 Å². The second-order valence-electron chi connectivity index (χ2n) is 22.0. The number of aryl methyl sites for hydroxylation is 1. The number of hydrogen-bond donors (Lipinski definition) is 6. The zero-order chi connectivity index (χ0) is 54.4. The summed E-state index contributed by atoms with van der Waals surface area (Å²) in [5.74, 6) is -3.53. The Labute approximate surface area is 440 Å². The molecule has 0 unspecified atom stereocenters. The predicted molar refractivity (Wildman–Crippen MR) is 286 cm³/mol. The highest BCUT2D eigenvalue weighted by Gasteiger charge is 2.48. The van der Waals surface area contributed by atoms with Crippen molar-refractivity contribution in [3.05, 3.63) is 106 Å². The first-order valence-corrected chi connectivity index (χ1v) is 26.8. The van der Waals surface area contributed by atoms with E-state index in [1.165, 1.54) is 33.2 Å². The molecule has 3 aliphatic rings. The molecule has 6 N–H and O–H groups in total. The van der Waals surface area contributed by atoms with E-state index in [1.54, 1.807) is 85.9 Å². The lowest BCUT2D eigenvalue weighted by Crippen LogP contribution is -2.63. The fourth-order valence-electron chi connectivity index (χ4n) is 10.0. The molecule has 9 atom stereocenters. The topological polar surface area (TPSA) is 201 Å². The van der Waals surface area contributed by atoms with Crippen LogP contribution in [0.2, 0.25) is 0 Å². The summed E-state index contributed by atoms with van der Waals surface area (Å²) >= 11 is 1.21. The molecule has 0 spiro atoms. The number of benzene rings is 3. The molecule has 2 aliphatic heterocycles. The number of nitrogens with one attached hydrogen (secondary N) is 6. The van der Waals surface area contributed by atoms with E-state index in [-0.39, 0.29) is 72.8 Å². The summed E-state index contributed by atoms with van der Waals surface area (Å²) in [4.78, 5) is 104. The van der Waals surface area contributed by atoms with Crippen LogP contribution in [0.25, 0.3) is 0 Å². The smallest absolute Gasteiger partial charge is 0.247 e. The molecular weight excluding hydrogens is 962 g/mol. The minimum absolute atomic E-state index is 0.0172. The van der Waals surface area contributed by atoms with Gasteiger partial charge in [0.15, 0.2) is 0 Å². The number of hydrogen-bond acceptors (Lipinski definition) is 10. The molecule has 6 rings (SSSR count). The number of thioether (sulfide) groups is 1. The third kappa shape index (κ3) is 13.3. The van der Waals surface area contributed by atoms with Crippen molar-refractivity contribution < 1.29 is 38.0 Å².